The SMILES string of the molecule is CCN(CC)S(=O)(=O)c1ccc([C@@H](C)NC(=O)C[C@@H]2C[C@H]3CC[C@H]2C3)cc1. The first-order valence-corrected chi connectivity index (χ1v) is 11.7. The number of fused-ring (bicyclic) bond motifs is 2. The maximum Gasteiger partial charge on any atom is 0.243 e. The lowest BCUT2D eigenvalue weighted by molar-refractivity contribution is -0.123. The van der Waals surface area contributed by atoms with Gasteiger partial charge in [0.15, 0.2) is 0 Å². The Kier molecular flexibility index (Phi) is 6.26. The van der Waals surface area contributed by atoms with E-state index in [0.29, 0.717) is 30.3 Å². The molecule has 27 heavy (non-hydrogen) atoms. The zero-order valence-electron chi connectivity index (χ0n) is 16.6. The molecular formula is C21H32N2O3S. The highest BCUT2D eigenvalue weighted by Gasteiger charge is 2.40. The molecular weight excluding hydrogens is 360 g/mol. The van der Waals surface area contributed by atoms with E-state index in [9.17, 15) is 13.2 Å². The van der Waals surface area contributed by atoms with Crippen LogP contribution in [0.1, 0.15) is 64.5 Å². The van der Waals surface area contributed by atoms with E-state index in [4.69, 9.17) is 0 Å². The van der Waals surface area contributed by atoms with Gasteiger partial charge in [-0.1, -0.05) is 32.4 Å². The molecule has 0 aliphatic heterocycles. The molecule has 1 N–H and O–H groups in total. The van der Waals surface area contributed by atoms with Crippen LogP contribution in [-0.4, -0.2) is 31.7 Å². The minimum atomic E-state index is -3.44. The van der Waals surface area contributed by atoms with Gasteiger partial charge in [0.25, 0.3) is 0 Å². The van der Waals surface area contributed by atoms with Crippen LogP contribution in [0.2, 0.25) is 0 Å². The molecule has 1 amide bonds. The standard InChI is InChI=1S/C21H32N2O3S/c1-4-23(5-2)27(25,26)20-10-8-17(9-11-20)15(3)22-21(24)14-19-13-16-6-7-18(19)12-16/h8-11,15-16,18-19H,4-7,12-14H2,1-3H3,(H,22,24)/t15-,16+,18+,19+/m1/s1. The highest BCUT2D eigenvalue weighted by Crippen LogP contribution is 2.49. The third kappa shape index (κ3) is 4.37. The molecule has 1 aromatic carbocycles. The summed E-state index contributed by atoms with van der Waals surface area (Å²) in [5, 5.41) is 3.09. The average molecular weight is 393 g/mol. The molecule has 2 saturated carbocycles. The van der Waals surface area contributed by atoms with Crippen molar-refractivity contribution in [3.63, 3.8) is 0 Å². The van der Waals surface area contributed by atoms with E-state index in [1.165, 1.54) is 30.0 Å². The van der Waals surface area contributed by atoms with Crippen LogP contribution < -0.4 is 5.32 Å². The third-order valence-corrected chi connectivity index (χ3v) is 8.50. The molecule has 0 unspecified atom stereocenters. The van der Waals surface area contributed by atoms with Crippen LogP contribution in [0.15, 0.2) is 29.2 Å². The van der Waals surface area contributed by atoms with Crippen LogP contribution in [0.5, 0.6) is 0 Å². The quantitative estimate of drug-likeness (QED) is 0.733. The fourth-order valence-corrected chi connectivity index (χ4v) is 6.35. The Morgan fingerprint density at radius 2 is 1.81 bits per heavy atom. The maximum absolute atomic E-state index is 12.6. The molecule has 150 valence electrons. The van der Waals surface area contributed by atoms with Gasteiger partial charge >= 0.3 is 0 Å². The molecule has 2 fully saturated rings. The van der Waals surface area contributed by atoms with Crippen molar-refractivity contribution in [2.75, 3.05) is 13.1 Å². The molecule has 3 rings (SSSR count). The molecule has 2 aliphatic carbocycles. The molecule has 0 saturated heterocycles. The molecule has 0 heterocycles. The van der Waals surface area contributed by atoms with E-state index >= 15 is 0 Å². The van der Waals surface area contributed by atoms with E-state index in [1.807, 2.05) is 20.8 Å². The van der Waals surface area contributed by atoms with E-state index < -0.39 is 10.0 Å². The van der Waals surface area contributed by atoms with Crippen molar-refractivity contribution in [2.45, 2.75) is 63.8 Å². The van der Waals surface area contributed by atoms with Crippen molar-refractivity contribution in [1.29, 1.82) is 0 Å². The maximum atomic E-state index is 12.6. The van der Waals surface area contributed by atoms with Gasteiger partial charge in [-0.05, 0) is 61.6 Å². The molecule has 2 bridgehead atoms. The molecule has 0 spiro atoms. The number of benzene rings is 1. The number of carbonyl (C=O) groups excluding carboxylic acids is 1. The van der Waals surface area contributed by atoms with E-state index in [2.05, 4.69) is 5.32 Å². The number of hydrogen-bond acceptors (Lipinski definition) is 3. The van der Waals surface area contributed by atoms with Gasteiger partial charge in [0, 0.05) is 19.5 Å². The molecule has 5 nitrogen and oxygen atoms in total. The summed E-state index contributed by atoms with van der Waals surface area (Å²) < 4.78 is 26.6. The summed E-state index contributed by atoms with van der Waals surface area (Å²) in [6, 6.07) is 6.77. The Balaban J connectivity index is 1.58. The molecule has 4 atom stereocenters. The molecule has 6 heteroatoms. The molecule has 0 aromatic heterocycles. The Hall–Kier alpha value is -1.40. The van der Waals surface area contributed by atoms with Crippen LogP contribution in [0, 0.1) is 17.8 Å². The van der Waals surface area contributed by atoms with Gasteiger partial charge in [-0.25, -0.2) is 8.42 Å². The van der Waals surface area contributed by atoms with Crippen molar-refractivity contribution >= 4 is 15.9 Å². The van der Waals surface area contributed by atoms with Gasteiger partial charge in [-0.2, -0.15) is 4.31 Å². The summed E-state index contributed by atoms with van der Waals surface area (Å²) >= 11 is 0. The topological polar surface area (TPSA) is 66.5 Å². The van der Waals surface area contributed by atoms with Gasteiger partial charge in [0.1, 0.15) is 0 Å². The number of hydrogen-bond donors (Lipinski definition) is 1. The fraction of sp³-hybridized carbons (Fsp3) is 0.667. The van der Waals surface area contributed by atoms with Crippen LogP contribution in [-0.2, 0) is 14.8 Å². The van der Waals surface area contributed by atoms with Crippen LogP contribution >= 0.6 is 0 Å². The van der Waals surface area contributed by atoms with Crippen molar-refractivity contribution in [3.05, 3.63) is 29.8 Å². The fourth-order valence-electron chi connectivity index (χ4n) is 4.89. The summed E-state index contributed by atoms with van der Waals surface area (Å²) in [6.07, 6.45) is 5.79. The normalized spacial score (nSPS) is 25.7. The first-order valence-electron chi connectivity index (χ1n) is 10.2. The highest BCUT2D eigenvalue weighted by atomic mass is 32.2. The Morgan fingerprint density at radius 3 is 2.33 bits per heavy atom. The monoisotopic (exact) mass is 392 g/mol. The Labute approximate surface area is 163 Å². The second-order valence-electron chi connectivity index (χ2n) is 8.09. The lowest BCUT2D eigenvalue weighted by Crippen LogP contribution is -2.31. The predicted molar refractivity (Wildman–Crippen MR) is 107 cm³/mol. The summed E-state index contributed by atoms with van der Waals surface area (Å²) in [6.45, 7) is 6.53. The smallest absolute Gasteiger partial charge is 0.243 e. The largest absolute Gasteiger partial charge is 0.350 e. The van der Waals surface area contributed by atoms with Gasteiger partial charge in [0.2, 0.25) is 15.9 Å². The zero-order valence-corrected chi connectivity index (χ0v) is 17.5. The minimum absolute atomic E-state index is 0.111. The summed E-state index contributed by atoms with van der Waals surface area (Å²) in [7, 11) is -3.44. The van der Waals surface area contributed by atoms with Crippen LogP contribution in [0.4, 0.5) is 0 Å². The number of carbonyl (C=O) groups is 1. The van der Waals surface area contributed by atoms with Gasteiger partial charge in [0.05, 0.1) is 10.9 Å². The van der Waals surface area contributed by atoms with Gasteiger partial charge < -0.3 is 5.32 Å². The van der Waals surface area contributed by atoms with Crippen molar-refractivity contribution < 1.29 is 13.2 Å². The summed E-state index contributed by atoms with van der Waals surface area (Å²) in [4.78, 5) is 12.7. The lowest BCUT2D eigenvalue weighted by Gasteiger charge is -2.22. The zero-order chi connectivity index (χ0) is 19.6. The average Bonchev–Trinajstić information content (AvgIpc) is 3.25. The van der Waals surface area contributed by atoms with Crippen molar-refractivity contribution in [1.82, 2.24) is 9.62 Å². The Morgan fingerprint density at radius 1 is 1.15 bits per heavy atom. The number of nitrogens with zero attached hydrogens (tertiary/aromatic N) is 1. The van der Waals surface area contributed by atoms with Crippen LogP contribution in [0.3, 0.4) is 0 Å². The predicted octanol–water partition coefficient (Wildman–Crippen LogP) is 3.72. The molecule has 1 aromatic rings. The highest BCUT2D eigenvalue weighted by molar-refractivity contribution is 7.89. The van der Waals surface area contributed by atoms with E-state index in [-0.39, 0.29) is 11.9 Å². The second kappa shape index (κ2) is 8.31. The van der Waals surface area contributed by atoms with Gasteiger partial charge in [-0.15, -0.1) is 0 Å². The van der Waals surface area contributed by atoms with E-state index in [1.54, 1.807) is 24.3 Å². The third-order valence-electron chi connectivity index (χ3n) is 6.43. The number of nitrogens with one attached hydrogen (secondary N) is 1. The first kappa shape index (κ1) is 20.3. The van der Waals surface area contributed by atoms with Crippen LogP contribution in [0.25, 0.3) is 0 Å². The summed E-state index contributed by atoms with van der Waals surface area (Å²) in [5.74, 6) is 2.27. The molecule has 2 aliphatic rings. The van der Waals surface area contributed by atoms with Crippen molar-refractivity contribution in [3.8, 4) is 0 Å². The molecule has 0 radical (unpaired) electrons. The van der Waals surface area contributed by atoms with Gasteiger partial charge in [-0.3, -0.25) is 4.79 Å². The number of amides is 1. The Bertz CT molecular complexity index is 756. The number of rotatable bonds is 8. The minimum Gasteiger partial charge on any atom is -0.350 e. The van der Waals surface area contributed by atoms with Crippen molar-refractivity contribution in [2.24, 2.45) is 17.8 Å². The van der Waals surface area contributed by atoms with E-state index in [0.717, 1.165) is 17.4 Å². The number of sulfonamides is 1. The second-order valence-corrected chi connectivity index (χ2v) is 10.0. The first-order chi connectivity index (χ1) is 12.8. The lowest BCUT2D eigenvalue weighted by atomic mass is 9.86. The summed E-state index contributed by atoms with van der Waals surface area (Å²) in [5.41, 5.74) is 0.926.